The maximum absolute atomic E-state index is 6.33. The van der Waals surface area contributed by atoms with Crippen molar-refractivity contribution in [3.63, 3.8) is 0 Å². The van der Waals surface area contributed by atoms with Crippen LogP contribution in [0.25, 0.3) is 0 Å². The lowest BCUT2D eigenvalue weighted by molar-refractivity contribution is 0.413. The molecule has 0 bridgehead atoms. The van der Waals surface area contributed by atoms with Crippen LogP contribution in [-0.4, -0.2) is 0 Å². The van der Waals surface area contributed by atoms with E-state index in [-0.39, 0.29) is 6.04 Å². The molecule has 0 aromatic heterocycles. The van der Waals surface area contributed by atoms with E-state index in [1.807, 2.05) is 0 Å². The van der Waals surface area contributed by atoms with Crippen LogP contribution in [0.2, 0.25) is 0 Å². The zero-order valence-corrected chi connectivity index (χ0v) is 13.5. The van der Waals surface area contributed by atoms with Gasteiger partial charge < -0.3 is 5.73 Å². The molecule has 0 saturated carbocycles. The number of rotatable bonds is 11. The molecule has 0 heterocycles. The van der Waals surface area contributed by atoms with Gasteiger partial charge in [0.25, 0.3) is 0 Å². The molecule has 1 aromatic rings. The van der Waals surface area contributed by atoms with Gasteiger partial charge in [-0.3, -0.25) is 0 Å². The Morgan fingerprint density at radius 2 is 1.40 bits per heavy atom. The molecule has 1 heteroatoms. The van der Waals surface area contributed by atoms with E-state index in [0.29, 0.717) is 5.92 Å². The highest BCUT2D eigenvalue weighted by atomic mass is 14.6. The van der Waals surface area contributed by atoms with E-state index in [9.17, 15) is 0 Å². The van der Waals surface area contributed by atoms with Gasteiger partial charge in [0.1, 0.15) is 0 Å². The van der Waals surface area contributed by atoms with Crippen LogP contribution < -0.4 is 5.73 Å². The first kappa shape index (κ1) is 17.2. The molecule has 2 N–H and O–H groups in total. The Labute approximate surface area is 126 Å². The second-order valence-electron chi connectivity index (χ2n) is 6.18. The minimum atomic E-state index is 0.195. The number of nitrogens with two attached hydrogens (primary N) is 1. The van der Waals surface area contributed by atoms with Crippen LogP contribution in [0, 0.1) is 5.92 Å². The van der Waals surface area contributed by atoms with Crippen molar-refractivity contribution in [1.82, 2.24) is 0 Å². The predicted molar refractivity (Wildman–Crippen MR) is 89.8 cm³/mol. The van der Waals surface area contributed by atoms with Gasteiger partial charge in [0, 0.05) is 6.04 Å². The lowest BCUT2D eigenvalue weighted by atomic mass is 9.90. The highest BCUT2D eigenvalue weighted by Gasteiger charge is 2.13. The van der Waals surface area contributed by atoms with Crippen LogP contribution in [0.5, 0.6) is 0 Å². The molecule has 114 valence electrons. The van der Waals surface area contributed by atoms with Crippen LogP contribution in [-0.2, 0) is 0 Å². The SMILES string of the molecule is CCCCCCCCCCC(C)C(N)c1ccccc1. The lowest BCUT2D eigenvalue weighted by Gasteiger charge is -2.20. The van der Waals surface area contributed by atoms with Crippen LogP contribution in [0.1, 0.15) is 83.2 Å². The average Bonchev–Trinajstić information content (AvgIpc) is 2.50. The third-order valence-electron chi connectivity index (χ3n) is 4.31. The number of hydrogen-bond donors (Lipinski definition) is 1. The summed E-state index contributed by atoms with van der Waals surface area (Å²) in [4.78, 5) is 0. The van der Waals surface area contributed by atoms with E-state index in [0.717, 1.165) is 0 Å². The summed E-state index contributed by atoms with van der Waals surface area (Å²) >= 11 is 0. The quantitative estimate of drug-likeness (QED) is 0.503. The maximum Gasteiger partial charge on any atom is 0.0320 e. The molecule has 0 radical (unpaired) electrons. The van der Waals surface area contributed by atoms with Gasteiger partial charge >= 0.3 is 0 Å². The molecule has 2 atom stereocenters. The molecular formula is C19H33N. The van der Waals surface area contributed by atoms with Crippen molar-refractivity contribution < 1.29 is 0 Å². The van der Waals surface area contributed by atoms with Gasteiger partial charge in [-0.1, -0.05) is 95.5 Å². The van der Waals surface area contributed by atoms with E-state index < -0.39 is 0 Å². The monoisotopic (exact) mass is 275 g/mol. The van der Waals surface area contributed by atoms with E-state index >= 15 is 0 Å². The fourth-order valence-electron chi connectivity index (χ4n) is 2.78. The van der Waals surface area contributed by atoms with Gasteiger partial charge in [-0.05, 0) is 17.9 Å². The fourth-order valence-corrected chi connectivity index (χ4v) is 2.78. The number of hydrogen-bond acceptors (Lipinski definition) is 1. The summed E-state index contributed by atoms with van der Waals surface area (Å²) in [5, 5.41) is 0. The predicted octanol–water partition coefficient (Wildman–Crippen LogP) is 5.85. The van der Waals surface area contributed by atoms with E-state index in [1.54, 1.807) is 0 Å². The zero-order chi connectivity index (χ0) is 14.6. The Bertz CT molecular complexity index is 320. The summed E-state index contributed by atoms with van der Waals surface area (Å²) in [7, 11) is 0. The molecule has 0 fully saturated rings. The third kappa shape index (κ3) is 7.09. The normalized spacial score (nSPS) is 14.2. The first-order valence-electron chi connectivity index (χ1n) is 8.56. The minimum absolute atomic E-state index is 0.195. The number of benzene rings is 1. The van der Waals surface area contributed by atoms with Crippen molar-refractivity contribution in [2.75, 3.05) is 0 Å². The fraction of sp³-hybridized carbons (Fsp3) is 0.684. The molecule has 0 spiro atoms. The van der Waals surface area contributed by atoms with Gasteiger partial charge in [-0.15, -0.1) is 0 Å². The molecule has 0 aliphatic rings. The van der Waals surface area contributed by atoms with Gasteiger partial charge in [-0.25, -0.2) is 0 Å². The van der Waals surface area contributed by atoms with Crippen molar-refractivity contribution in [3.05, 3.63) is 35.9 Å². The molecule has 1 rings (SSSR count). The highest BCUT2D eigenvalue weighted by Crippen LogP contribution is 2.24. The average molecular weight is 275 g/mol. The molecule has 20 heavy (non-hydrogen) atoms. The summed E-state index contributed by atoms with van der Waals surface area (Å²) in [6.45, 7) is 4.57. The molecule has 0 amide bonds. The lowest BCUT2D eigenvalue weighted by Crippen LogP contribution is -2.18. The standard InChI is InChI=1S/C19H33N/c1-3-4-5-6-7-8-9-11-14-17(2)19(20)18-15-12-10-13-16-18/h10,12-13,15-17,19H,3-9,11,14,20H2,1-2H3. The largest absolute Gasteiger partial charge is 0.324 e. The molecule has 1 aromatic carbocycles. The third-order valence-corrected chi connectivity index (χ3v) is 4.31. The van der Waals surface area contributed by atoms with E-state index in [2.05, 4.69) is 44.2 Å². The van der Waals surface area contributed by atoms with Crippen LogP contribution in [0.15, 0.2) is 30.3 Å². The van der Waals surface area contributed by atoms with Crippen molar-refractivity contribution >= 4 is 0 Å². The molecule has 0 aliphatic heterocycles. The molecular weight excluding hydrogens is 242 g/mol. The van der Waals surface area contributed by atoms with E-state index in [1.165, 1.54) is 63.4 Å². The molecule has 1 nitrogen and oxygen atoms in total. The summed E-state index contributed by atoms with van der Waals surface area (Å²) in [5.74, 6) is 0.581. The first-order valence-corrected chi connectivity index (χ1v) is 8.56. The summed E-state index contributed by atoms with van der Waals surface area (Å²) in [6.07, 6.45) is 12.4. The first-order chi connectivity index (χ1) is 9.75. The zero-order valence-electron chi connectivity index (χ0n) is 13.5. The minimum Gasteiger partial charge on any atom is -0.324 e. The van der Waals surface area contributed by atoms with Gasteiger partial charge in [-0.2, -0.15) is 0 Å². The molecule has 2 unspecified atom stereocenters. The van der Waals surface area contributed by atoms with E-state index in [4.69, 9.17) is 5.73 Å². The highest BCUT2D eigenvalue weighted by molar-refractivity contribution is 5.18. The molecule has 0 aliphatic carbocycles. The maximum atomic E-state index is 6.33. The number of unbranched alkanes of at least 4 members (excludes halogenated alkanes) is 7. The Morgan fingerprint density at radius 3 is 2.00 bits per heavy atom. The van der Waals surface area contributed by atoms with Crippen molar-refractivity contribution in [3.8, 4) is 0 Å². The van der Waals surface area contributed by atoms with Gasteiger partial charge in [0.05, 0.1) is 0 Å². The second-order valence-corrected chi connectivity index (χ2v) is 6.18. The molecule has 0 saturated heterocycles. The Morgan fingerprint density at radius 1 is 0.850 bits per heavy atom. The Kier molecular flexibility index (Phi) is 9.40. The smallest absolute Gasteiger partial charge is 0.0320 e. The topological polar surface area (TPSA) is 26.0 Å². The Balaban J connectivity index is 2.07. The van der Waals surface area contributed by atoms with Crippen molar-refractivity contribution in [1.29, 1.82) is 0 Å². The van der Waals surface area contributed by atoms with Crippen LogP contribution >= 0.6 is 0 Å². The summed E-state index contributed by atoms with van der Waals surface area (Å²) in [5.41, 5.74) is 7.61. The van der Waals surface area contributed by atoms with Crippen molar-refractivity contribution in [2.24, 2.45) is 11.7 Å². The summed E-state index contributed by atoms with van der Waals surface area (Å²) in [6, 6.07) is 10.7. The second kappa shape index (κ2) is 10.9. The van der Waals surface area contributed by atoms with Gasteiger partial charge in [0.2, 0.25) is 0 Å². The van der Waals surface area contributed by atoms with Crippen LogP contribution in [0.4, 0.5) is 0 Å². The van der Waals surface area contributed by atoms with Crippen molar-refractivity contribution in [2.45, 2.75) is 77.7 Å². The Hall–Kier alpha value is -0.820. The summed E-state index contributed by atoms with van der Waals surface area (Å²) < 4.78 is 0. The van der Waals surface area contributed by atoms with Crippen LogP contribution in [0.3, 0.4) is 0 Å². The van der Waals surface area contributed by atoms with Gasteiger partial charge in [0.15, 0.2) is 0 Å².